The van der Waals surface area contributed by atoms with Crippen LogP contribution in [0.5, 0.6) is 0 Å². The summed E-state index contributed by atoms with van der Waals surface area (Å²) in [6, 6.07) is 21.0. The van der Waals surface area contributed by atoms with Gasteiger partial charge in [-0.2, -0.15) is 0 Å². The first-order valence-corrected chi connectivity index (χ1v) is 7.24. The molecule has 0 radical (unpaired) electrons. The molecule has 20 heavy (non-hydrogen) atoms. The molecular weight excluding hydrogens is 264 g/mol. The SMILES string of the molecule is C[C@@H](NC(=S)N[C@H](C)c1ccccc1)c1ccccc1. The molecule has 0 aliphatic carbocycles. The van der Waals surface area contributed by atoms with Crippen molar-refractivity contribution in [3.8, 4) is 0 Å². The van der Waals surface area contributed by atoms with Crippen molar-refractivity contribution in [2.24, 2.45) is 0 Å². The molecule has 2 atom stereocenters. The lowest BCUT2D eigenvalue weighted by Gasteiger charge is -2.21. The van der Waals surface area contributed by atoms with Gasteiger partial charge in [0.25, 0.3) is 0 Å². The minimum Gasteiger partial charge on any atom is -0.356 e. The van der Waals surface area contributed by atoms with Gasteiger partial charge in [-0.25, -0.2) is 0 Å². The third kappa shape index (κ3) is 4.07. The van der Waals surface area contributed by atoms with Gasteiger partial charge in [-0.1, -0.05) is 60.7 Å². The molecule has 2 nitrogen and oxygen atoms in total. The summed E-state index contributed by atoms with van der Waals surface area (Å²) in [5.74, 6) is 0. The summed E-state index contributed by atoms with van der Waals surface area (Å²) >= 11 is 5.38. The van der Waals surface area contributed by atoms with Gasteiger partial charge in [0, 0.05) is 0 Å². The fraction of sp³-hybridized carbons (Fsp3) is 0.235. The molecule has 0 saturated carbocycles. The Kier molecular flexibility index (Phi) is 5.13. The molecule has 0 unspecified atom stereocenters. The Hall–Kier alpha value is -1.87. The van der Waals surface area contributed by atoms with E-state index in [1.807, 2.05) is 36.4 Å². The largest absolute Gasteiger partial charge is 0.356 e. The average Bonchev–Trinajstić information content (AvgIpc) is 2.49. The first kappa shape index (κ1) is 14.5. The Morgan fingerprint density at radius 2 is 1.10 bits per heavy atom. The van der Waals surface area contributed by atoms with E-state index in [4.69, 9.17) is 12.2 Å². The number of nitrogens with one attached hydrogen (secondary N) is 2. The van der Waals surface area contributed by atoms with Crippen molar-refractivity contribution >= 4 is 17.3 Å². The van der Waals surface area contributed by atoms with Crippen molar-refractivity contribution in [1.82, 2.24) is 10.6 Å². The summed E-state index contributed by atoms with van der Waals surface area (Å²) in [6.45, 7) is 4.22. The highest BCUT2D eigenvalue weighted by Crippen LogP contribution is 2.13. The van der Waals surface area contributed by atoms with Crippen molar-refractivity contribution in [2.75, 3.05) is 0 Å². The van der Waals surface area contributed by atoms with Crippen LogP contribution in [0.25, 0.3) is 0 Å². The van der Waals surface area contributed by atoms with Gasteiger partial charge in [0.05, 0.1) is 12.1 Å². The van der Waals surface area contributed by atoms with Gasteiger partial charge in [0.15, 0.2) is 5.11 Å². The van der Waals surface area contributed by atoms with E-state index in [1.54, 1.807) is 0 Å². The summed E-state index contributed by atoms with van der Waals surface area (Å²) in [6.07, 6.45) is 0. The van der Waals surface area contributed by atoms with Crippen molar-refractivity contribution < 1.29 is 0 Å². The van der Waals surface area contributed by atoms with E-state index in [0.717, 1.165) is 0 Å². The standard InChI is InChI=1S/C17H20N2S/c1-13(15-9-5-3-6-10-15)18-17(20)19-14(2)16-11-7-4-8-12-16/h3-14H,1-2H3,(H2,18,19,20)/t13-,14-/m1/s1. The van der Waals surface area contributed by atoms with Crippen LogP contribution in [-0.4, -0.2) is 5.11 Å². The molecule has 0 bridgehead atoms. The van der Waals surface area contributed by atoms with Crippen LogP contribution in [0, 0.1) is 0 Å². The molecule has 2 rings (SSSR count). The summed E-state index contributed by atoms with van der Waals surface area (Å²) in [5.41, 5.74) is 2.45. The van der Waals surface area contributed by atoms with Gasteiger partial charge in [0.1, 0.15) is 0 Å². The van der Waals surface area contributed by atoms with Gasteiger partial charge in [-0.05, 0) is 37.2 Å². The maximum Gasteiger partial charge on any atom is 0.167 e. The summed E-state index contributed by atoms with van der Waals surface area (Å²) < 4.78 is 0. The van der Waals surface area contributed by atoms with Crippen LogP contribution in [0.4, 0.5) is 0 Å². The third-order valence-electron chi connectivity index (χ3n) is 3.29. The summed E-state index contributed by atoms with van der Waals surface area (Å²) in [5, 5.41) is 7.31. The van der Waals surface area contributed by atoms with Crippen LogP contribution < -0.4 is 10.6 Å². The summed E-state index contributed by atoms with van der Waals surface area (Å²) in [7, 11) is 0. The zero-order chi connectivity index (χ0) is 14.4. The highest BCUT2D eigenvalue weighted by molar-refractivity contribution is 7.80. The fourth-order valence-corrected chi connectivity index (χ4v) is 2.44. The van der Waals surface area contributed by atoms with Crippen LogP contribution in [0.1, 0.15) is 37.1 Å². The molecular formula is C17H20N2S. The van der Waals surface area contributed by atoms with Crippen molar-refractivity contribution in [1.29, 1.82) is 0 Å². The Morgan fingerprint density at radius 3 is 1.45 bits per heavy atom. The lowest BCUT2D eigenvalue weighted by Crippen LogP contribution is -2.38. The number of hydrogen-bond donors (Lipinski definition) is 2. The number of thiocarbonyl (C=S) groups is 1. The number of hydrogen-bond acceptors (Lipinski definition) is 1. The molecule has 2 aromatic rings. The minimum atomic E-state index is 0.194. The fourth-order valence-electron chi connectivity index (χ4n) is 2.09. The zero-order valence-corrected chi connectivity index (χ0v) is 12.7. The molecule has 0 spiro atoms. The van der Waals surface area contributed by atoms with E-state index in [-0.39, 0.29) is 12.1 Å². The molecule has 0 aromatic heterocycles. The van der Waals surface area contributed by atoms with E-state index in [0.29, 0.717) is 5.11 Å². The Bertz CT molecular complexity index is 490. The smallest absolute Gasteiger partial charge is 0.167 e. The monoisotopic (exact) mass is 284 g/mol. The molecule has 0 amide bonds. The second-order valence-electron chi connectivity index (χ2n) is 4.88. The van der Waals surface area contributed by atoms with Crippen LogP contribution in [0.2, 0.25) is 0 Å². The second-order valence-corrected chi connectivity index (χ2v) is 5.29. The van der Waals surface area contributed by atoms with Crippen LogP contribution in [-0.2, 0) is 0 Å². The number of rotatable bonds is 4. The Balaban J connectivity index is 1.90. The first-order valence-electron chi connectivity index (χ1n) is 6.83. The lowest BCUT2D eigenvalue weighted by atomic mass is 10.1. The molecule has 2 aromatic carbocycles. The zero-order valence-electron chi connectivity index (χ0n) is 11.8. The van der Waals surface area contributed by atoms with Crippen molar-refractivity contribution in [3.63, 3.8) is 0 Å². The average molecular weight is 284 g/mol. The number of benzene rings is 2. The van der Waals surface area contributed by atoms with Gasteiger partial charge in [-0.3, -0.25) is 0 Å². The van der Waals surface area contributed by atoms with Crippen LogP contribution in [0.15, 0.2) is 60.7 Å². The van der Waals surface area contributed by atoms with E-state index >= 15 is 0 Å². The predicted octanol–water partition coefficient (Wildman–Crippen LogP) is 3.97. The molecule has 0 fully saturated rings. The molecule has 0 saturated heterocycles. The maximum atomic E-state index is 5.38. The van der Waals surface area contributed by atoms with E-state index in [9.17, 15) is 0 Å². The van der Waals surface area contributed by atoms with Crippen molar-refractivity contribution in [2.45, 2.75) is 25.9 Å². The molecule has 104 valence electrons. The molecule has 0 aliphatic rings. The first-order chi connectivity index (χ1) is 9.66. The minimum absolute atomic E-state index is 0.194. The maximum absolute atomic E-state index is 5.38. The highest BCUT2D eigenvalue weighted by Gasteiger charge is 2.09. The molecule has 0 aliphatic heterocycles. The normalized spacial score (nSPS) is 13.3. The van der Waals surface area contributed by atoms with Gasteiger partial charge in [0.2, 0.25) is 0 Å². The van der Waals surface area contributed by atoms with Gasteiger partial charge >= 0.3 is 0 Å². The third-order valence-corrected chi connectivity index (χ3v) is 3.53. The van der Waals surface area contributed by atoms with E-state index in [2.05, 4.69) is 48.7 Å². The Labute approximate surface area is 126 Å². The van der Waals surface area contributed by atoms with Crippen LogP contribution >= 0.6 is 12.2 Å². The van der Waals surface area contributed by atoms with Crippen LogP contribution in [0.3, 0.4) is 0 Å². The molecule has 2 N–H and O–H groups in total. The van der Waals surface area contributed by atoms with E-state index < -0.39 is 0 Å². The quantitative estimate of drug-likeness (QED) is 0.831. The Morgan fingerprint density at radius 1 is 0.750 bits per heavy atom. The van der Waals surface area contributed by atoms with Gasteiger partial charge < -0.3 is 10.6 Å². The lowest BCUT2D eigenvalue weighted by molar-refractivity contribution is 0.656. The molecule has 3 heteroatoms. The van der Waals surface area contributed by atoms with Gasteiger partial charge in [-0.15, -0.1) is 0 Å². The molecule has 0 heterocycles. The predicted molar refractivity (Wildman–Crippen MR) is 88.6 cm³/mol. The second kappa shape index (κ2) is 7.06. The highest BCUT2D eigenvalue weighted by atomic mass is 32.1. The van der Waals surface area contributed by atoms with E-state index in [1.165, 1.54) is 11.1 Å². The topological polar surface area (TPSA) is 24.1 Å². The summed E-state index contributed by atoms with van der Waals surface area (Å²) in [4.78, 5) is 0. The van der Waals surface area contributed by atoms with Crippen molar-refractivity contribution in [3.05, 3.63) is 71.8 Å².